The van der Waals surface area contributed by atoms with Gasteiger partial charge in [0.25, 0.3) is 0 Å². The Morgan fingerprint density at radius 1 is 1.10 bits per heavy atom. The number of hydrogen-bond donors (Lipinski definition) is 0. The second-order valence-corrected chi connectivity index (χ2v) is 5.84. The van der Waals surface area contributed by atoms with Crippen LogP contribution < -0.4 is 0 Å². The Bertz CT molecular complexity index is 606. The van der Waals surface area contributed by atoms with Crippen LogP contribution >= 0.6 is 0 Å². The lowest BCUT2D eigenvalue weighted by molar-refractivity contribution is -0.134. The molecule has 2 fully saturated rings. The number of nitrogens with zero attached hydrogens (tertiary/aromatic N) is 3. The number of carbonyl (C=O) groups excluding carboxylic acids is 1. The number of rotatable bonds is 2. The maximum absolute atomic E-state index is 12.7. The van der Waals surface area contributed by atoms with Crippen LogP contribution in [0, 0.1) is 34.0 Å². The monoisotopic (exact) mass is 279 g/mol. The van der Waals surface area contributed by atoms with E-state index in [1.165, 1.54) is 0 Å². The van der Waals surface area contributed by atoms with Crippen LogP contribution in [0.4, 0.5) is 0 Å². The first kappa shape index (κ1) is 13.6. The van der Waals surface area contributed by atoms with Crippen molar-refractivity contribution in [3.05, 3.63) is 35.9 Å². The normalized spacial score (nSPS) is 26.5. The van der Waals surface area contributed by atoms with Gasteiger partial charge in [-0.1, -0.05) is 30.3 Å². The van der Waals surface area contributed by atoms with Gasteiger partial charge in [-0.05, 0) is 24.8 Å². The van der Waals surface area contributed by atoms with Gasteiger partial charge in [-0.2, -0.15) is 10.5 Å². The lowest BCUT2D eigenvalue weighted by Gasteiger charge is -2.27. The molecule has 2 aliphatic rings. The molecule has 1 saturated heterocycles. The van der Waals surface area contributed by atoms with Crippen LogP contribution in [-0.2, 0) is 4.79 Å². The van der Waals surface area contributed by atoms with Crippen molar-refractivity contribution < 1.29 is 4.79 Å². The van der Waals surface area contributed by atoms with E-state index in [0.717, 1.165) is 37.9 Å². The van der Waals surface area contributed by atoms with E-state index in [9.17, 15) is 15.3 Å². The smallest absolute Gasteiger partial charge is 0.229 e. The summed E-state index contributed by atoms with van der Waals surface area (Å²) < 4.78 is 0. The summed E-state index contributed by atoms with van der Waals surface area (Å²) in [4.78, 5) is 14.5. The predicted octanol–water partition coefficient (Wildman–Crippen LogP) is 2.45. The average molecular weight is 279 g/mol. The number of hydrogen-bond acceptors (Lipinski definition) is 3. The van der Waals surface area contributed by atoms with Crippen LogP contribution in [0.15, 0.2) is 30.3 Å². The summed E-state index contributed by atoms with van der Waals surface area (Å²) in [7, 11) is 0. The third-order valence-electron chi connectivity index (χ3n) is 4.67. The standard InChI is InChI=1S/C17H17N3O/c18-11-17(12-19)14(13-7-3-1-4-8-13)15(17)16(21)20-9-5-2-6-10-20/h1,3-4,7-8,14-15H,2,5-6,9-10H2. The summed E-state index contributed by atoms with van der Waals surface area (Å²) in [5.41, 5.74) is -0.272. The number of amides is 1. The van der Waals surface area contributed by atoms with Gasteiger partial charge in [0.15, 0.2) is 5.41 Å². The first-order chi connectivity index (χ1) is 10.2. The second-order valence-electron chi connectivity index (χ2n) is 5.84. The van der Waals surface area contributed by atoms with Crippen molar-refractivity contribution in [2.75, 3.05) is 13.1 Å². The van der Waals surface area contributed by atoms with E-state index < -0.39 is 11.3 Å². The average Bonchev–Trinajstić information content (AvgIpc) is 3.25. The quantitative estimate of drug-likeness (QED) is 0.835. The fourth-order valence-corrected chi connectivity index (χ4v) is 3.46. The van der Waals surface area contributed by atoms with E-state index >= 15 is 0 Å². The van der Waals surface area contributed by atoms with Gasteiger partial charge >= 0.3 is 0 Å². The zero-order valence-corrected chi connectivity index (χ0v) is 11.8. The summed E-state index contributed by atoms with van der Waals surface area (Å²) in [6, 6.07) is 13.7. The Labute approximate surface area is 124 Å². The number of carbonyl (C=O) groups is 1. The fourth-order valence-electron chi connectivity index (χ4n) is 3.46. The zero-order chi connectivity index (χ0) is 14.9. The summed E-state index contributed by atoms with van der Waals surface area (Å²) >= 11 is 0. The van der Waals surface area contributed by atoms with E-state index in [4.69, 9.17) is 0 Å². The first-order valence-corrected chi connectivity index (χ1v) is 7.41. The third-order valence-corrected chi connectivity index (χ3v) is 4.67. The Morgan fingerprint density at radius 2 is 1.71 bits per heavy atom. The highest BCUT2D eigenvalue weighted by Crippen LogP contribution is 2.64. The molecule has 1 aromatic carbocycles. The van der Waals surface area contributed by atoms with Crippen LogP contribution in [-0.4, -0.2) is 23.9 Å². The lowest BCUT2D eigenvalue weighted by Crippen LogP contribution is -2.37. The van der Waals surface area contributed by atoms with Crippen LogP contribution in [0.1, 0.15) is 30.7 Å². The van der Waals surface area contributed by atoms with Gasteiger partial charge in [-0.3, -0.25) is 4.79 Å². The number of piperidine rings is 1. The minimum absolute atomic E-state index is 0.0216. The molecule has 1 heterocycles. The molecule has 0 N–H and O–H groups in total. The first-order valence-electron chi connectivity index (χ1n) is 7.41. The third kappa shape index (κ3) is 2.08. The maximum atomic E-state index is 12.7. The van der Waals surface area contributed by atoms with E-state index in [1.807, 2.05) is 35.2 Å². The molecule has 1 aliphatic carbocycles. The SMILES string of the molecule is N#CC1(C#N)C(C(=O)N2CCCCC2)C1c1ccccc1. The van der Waals surface area contributed by atoms with Gasteiger partial charge in [0.2, 0.25) is 5.91 Å². The van der Waals surface area contributed by atoms with Crippen LogP contribution in [0.5, 0.6) is 0 Å². The van der Waals surface area contributed by atoms with Crippen LogP contribution in [0.2, 0.25) is 0 Å². The highest BCUT2D eigenvalue weighted by molar-refractivity contribution is 5.87. The summed E-state index contributed by atoms with van der Waals surface area (Å²) in [5, 5.41) is 18.9. The molecule has 21 heavy (non-hydrogen) atoms. The minimum atomic E-state index is -1.18. The van der Waals surface area contributed by atoms with E-state index in [1.54, 1.807) is 0 Å². The molecule has 1 aromatic rings. The predicted molar refractivity (Wildman–Crippen MR) is 76.8 cm³/mol. The molecule has 4 nitrogen and oxygen atoms in total. The minimum Gasteiger partial charge on any atom is -0.342 e. The molecular weight excluding hydrogens is 262 g/mol. The topological polar surface area (TPSA) is 67.9 Å². The molecule has 1 aliphatic heterocycles. The fraction of sp³-hybridized carbons (Fsp3) is 0.471. The highest BCUT2D eigenvalue weighted by Gasteiger charge is 2.71. The van der Waals surface area contributed by atoms with E-state index in [-0.39, 0.29) is 11.8 Å². The second kappa shape index (κ2) is 5.22. The van der Waals surface area contributed by atoms with E-state index in [0.29, 0.717) is 0 Å². The highest BCUT2D eigenvalue weighted by atomic mass is 16.2. The Balaban J connectivity index is 1.88. The van der Waals surface area contributed by atoms with Crippen LogP contribution in [0.3, 0.4) is 0 Å². The molecule has 1 amide bonds. The van der Waals surface area contributed by atoms with E-state index in [2.05, 4.69) is 12.1 Å². The van der Waals surface area contributed by atoms with Crippen molar-refractivity contribution in [2.24, 2.45) is 11.3 Å². The van der Waals surface area contributed by atoms with Crippen molar-refractivity contribution in [2.45, 2.75) is 25.2 Å². The van der Waals surface area contributed by atoms with Crippen molar-refractivity contribution in [1.82, 2.24) is 4.90 Å². The Hall–Kier alpha value is -2.33. The summed E-state index contributed by atoms with van der Waals surface area (Å²) in [6.45, 7) is 1.51. The van der Waals surface area contributed by atoms with Crippen molar-refractivity contribution in [3.63, 3.8) is 0 Å². The molecule has 2 unspecified atom stereocenters. The Morgan fingerprint density at radius 3 is 2.29 bits per heavy atom. The van der Waals surface area contributed by atoms with Crippen molar-refractivity contribution in [1.29, 1.82) is 10.5 Å². The van der Waals surface area contributed by atoms with Crippen LogP contribution in [0.25, 0.3) is 0 Å². The largest absolute Gasteiger partial charge is 0.342 e. The van der Waals surface area contributed by atoms with Gasteiger partial charge < -0.3 is 4.90 Å². The summed E-state index contributed by atoms with van der Waals surface area (Å²) in [6.07, 6.45) is 3.18. The van der Waals surface area contributed by atoms with Gasteiger partial charge in [-0.15, -0.1) is 0 Å². The number of benzene rings is 1. The molecule has 1 saturated carbocycles. The molecule has 4 heteroatoms. The van der Waals surface area contributed by atoms with Gasteiger partial charge in [0.1, 0.15) is 0 Å². The molecule has 2 atom stereocenters. The van der Waals surface area contributed by atoms with Gasteiger partial charge in [0, 0.05) is 19.0 Å². The molecule has 106 valence electrons. The number of likely N-dealkylation sites (tertiary alicyclic amines) is 1. The van der Waals surface area contributed by atoms with Gasteiger partial charge in [0.05, 0.1) is 18.1 Å². The molecule has 3 rings (SSSR count). The Kier molecular flexibility index (Phi) is 3.39. The molecule has 0 aromatic heterocycles. The number of nitriles is 2. The lowest BCUT2D eigenvalue weighted by atomic mass is 10.0. The van der Waals surface area contributed by atoms with Crippen molar-refractivity contribution >= 4 is 5.91 Å². The van der Waals surface area contributed by atoms with Gasteiger partial charge in [-0.25, -0.2) is 0 Å². The maximum Gasteiger partial charge on any atom is 0.229 e. The zero-order valence-electron chi connectivity index (χ0n) is 11.8. The molecular formula is C17H17N3O. The molecule has 0 radical (unpaired) electrons. The molecule has 0 spiro atoms. The summed E-state index contributed by atoms with van der Waals surface area (Å²) in [5.74, 6) is -0.817. The molecule has 0 bridgehead atoms. The van der Waals surface area contributed by atoms with Crippen molar-refractivity contribution in [3.8, 4) is 12.1 Å².